The van der Waals surface area contributed by atoms with Crippen LogP contribution in [0.15, 0.2) is 108 Å². The van der Waals surface area contributed by atoms with Gasteiger partial charge in [-0.2, -0.15) is 0 Å². The molecule has 4 aromatic rings. The summed E-state index contributed by atoms with van der Waals surface area (Å²) in [7, 11) is -1.64. The van der Waals surface area contributed by atoms with Crippen LogP contribution in [0, 0.1) is 13.8 Å². The molecule has 0 aromatic heterocycles. The molecule has 3 heterocycles. The minimum atomic E-state index is -0.986. The molecule has 3 aliphatic heterocycles. The lowest BCUT2D eigenvalue weighted by Crippen LogP contribution is -2.34. The first-order chi connectivity index (χ1) is 29.5. The lowest BCUT2D eigenvalue weighted by molar-refractivity contribution is 0.123. The molecule has 3 nitrogen and oxygen atoms in total. The molecule has 0 radical (unpaired) electrons. The van der Waals surface area contributed by atoms with Gasteiger partial charge in [0.2, 0.25) is 0 Å². The van der Waals surface area contributed by atoms with Crippen molar-refractivity contribution in [3.63, 3.8) is 0 Å². The van der Waals surface area contributed by atoms with Gasteiger partial charge in [-0.15, -0.1) is 0 Å². The summed E-state index contributed by atoms with van der Waals surface area (Å²) in [5.74, 6) is 4.10. The molecule has 5 heteroatoms. The van der Waals surface area contributed by atoms with Crippen molar-refractivity contribution in [2.24, 2.45) is 0 Å². The summed E-state index contributed by atoms with van der Waals surface area (Å²) >= 11 is 0. The number of rotatable bonds is 12. The maximum atomic E-state index is 7.75. The van der Waals surface area contributed by atoms with Gasteiger partial charge in [-0.05, 0) is 128 Å². The molecule has 0 bridgehead atoms. The zero-order valence-electron chi connectivity index (χ0n) is 38.6. The number of allylic oxidation sites excluding steroid dienone is 6. The molecule has 0 fully saturated rings. The number of ether oxygens (including phenoxy) is 3. The molecular weight excluding hydrogens is 783 g/mol. The number of aryl methyl sites for hydroxylation is 4. The van der Waals surface area contributed by atoms with Crippen molar-refractivity contribution in [2.45, 2.75) is 138 Å². The Morgan fingerprint density at radius 2 is 1.15 bits per heavy atom. The first kappa shape index (κ1) is 45.3. The Bertz CT molecular complexity index is 2260. The van der Waals surface area contributed by atoms with Gasteiger partial charge in [-0.1, -0.05) is 157 Å². The van der Waals surface area contributed by atoms with E-state index in [1.807, 2.05) is 0 Å². The van der Waals surface area contributed by atoms with Crippen LogP contribution in [0.4, 0.5) is 0 Å². The zero-order valence-corrected chi connectivity index (χ0v) is 40.4. The fraction of sp³-hybridized carbons (Fsp3) is 0.429. The highest BCUT2D eigenvalue weighted by Crippen LogP contribution is 2.55. The van der Waals surface area contributed by atoms with Gasteiger partial charge in [-0.25, -0.2) is 0 Å². The molecule has 7 rings (SSSR count). The lowest BCUT2D eigenvalue weighted by Gasteiger charge is -2.40. The smallest absolute Gasteiger partial charge is 0.139 e. The van der Waals surface area contributed by atoms with E-state index >= 15 is 0 Å². The Morgan fingerprint density at radius 1 is 0.607 bits per heavy atom. The Hall–Kier alpha value is -3.74. The summed E-state index contributed by atoms with van der Waals surface area (Å²) in [6.07, 6.45) is 27.9. The topological polar surface area (TPSA) is 27.7 Å². The van der Waals surface area contributed by atoms with E-state index in [1.165, 1.54) is 117 Å². The van der Waals surface area contributed by atoms with Gasteiger partial charge < -0.3 is 14.2 Å². The first-order valence-corrected chi connectivity index (χ1v) is 26.3. The van der Waals surface area contributed by atoms with Gasteiger partial charge in [0.25, 0.3) is 0 Å². The van der Waals surface area contributed by atoms with Gasteiger partial charge in [-0.3, -0.25) is 0 Å². The van der Waals surface area contributed by atoms with Crippen LogP contribution in [0.5, 0.6) is 23.0 Å². The lowest BCUT2D eigenvalue weighted by atomic mass is 9.74. The predicted octanol–water partition coefficient (Wildman–Crippen LogP) is 14.4. The molecule has 61 heavy (non-hydrogen) atoms. The van der Waals surface area contributed by atoms with Crippen LogP contribution in [-0.2, 0) is 23.0 Å². The molecule has 0 amide bonds. The molecule has 0 saturated carbocycles. The van der Waals surface area contributed by atoms with Crippen LogP contribution >= 0.6 is 15.8 Å². The average molecular weight is 853 g/mol. The van der Waals surface area contributed by atoms with Crippen molar-refractivity contribution >= 4 is 37.1 Å². The molecule has 0 saturated heterocycles. The Balaban J connectivity index is 1.44. The molecule has 2 atom stereocenters. The highest BCUT2D eigenvalue weighted by Gasteiger charge is 2.41. The van der Waals surface area contributed by atoms with Gasteiger partial charge in [0.05, 0.1) is 12.7 Å². The summed E-state index contributed by atoms with van der Waals surface area (Å²) in [6.45, 7) is 21.2. The summed E-state index contributed by atoms with van der Waals surface area (Å²) < 4.78 is 20.5. The number of fused-ring (bicyclic) bond motifs is 4. The summed E-state index contributed by atoms with van der Waals surface area (Å²) in [4.78, 5) is 0. The molecule has 0 spiro atoms. The molecule has 0 aliphatic carbocycles. The second kappa shape index (κ2) is 20.6. The SMILES string of the molecule is CCCCCCc1cc(P2C/C=C(C)\C=C/COC(C)/C=C\C(C)=C/C2)c2c(c1)C(C)(C)c1cc(CCCCCC)cc(P3c4cc(C)ccc4Oc4ccc(C)cc43)c1O2. The Kier molecular flexibility index (Phi) is 15.3. The van der Waals surface area contributed by atoms with Crippen LogP contribution in [-0.4, -0.2) is 25.0 Å². The van der Waals surface area contributed by atoms with Crippen molar-refractivity contribution in [2.75, 3.05) is 18.9 Å². The zero-order chi connectivity index (χ0) is 43.1. The Morgan fingerprint density at radius 3 is 1.72 bits per heavy atom. The molecule has 3 aliphatic rings. The minimum absolute atomic E-state index is 0.0593. The highest BCUT2D eigenvalue weighted by atomic mass is 31.1. The van der Waals surface area contributed by atoms with Crippen molar-refractivity contribution in [3.8, 4) is 23.0 Å². The van der Waals surface area contributed by atoms with Gasteiger partial charge in [0.15, 0.2) is 0 Å². The molecule has 2 unspecified atom stereocenters. The third-order valence-electron chi connectivity index (χ3n) is 12.7. The van der Waals surface area contributed by atoms with Crippen molar-refractivity contribution in [1.29, 1.82) is 0 Å². The molecule has 322 valence electrons. The summed E-state index contributed by atoms with van der Waals surface area (Å²) in [5, 5.41) is 5.30. The highest BCUT2D eigenvalue weighted by molar-refractivity contribution is 7.80. The van der Waals surface area contributed by atoms with Gasteiger partial charge in [0, 0.05) is 37.8 Å². The minimum Gasteiger partial charge on any atom is -0.456 e. The van der Waals surface area contributed by atoms with Crippen LogP contribution in [0.25, 0.3) is 0 Å². The first-order valence-electron chi connectivity index (χ1n) is 23.2. The average Bonchev–Trinajstić information content (AvgIpc) is 3.24. The van der Waals surface area contributed by atoms with Crippen LogP contribution in [0.2, 0.25) is 0 Å². The van der Waals surface area contributed by atoms with Crippen molar-refractivity contribution < 1.29 is 14.2 Å². The fourth-order valence-electron chi connectivity index (χ4n) is 8.92. The fourth-order valence-corrected chi connectivity index (χ4v) is 14.1. The molecule has 0 N–H and O–H groups in total. The molecule has 4 aromatic carbocycles. The van der Waals surface area contributed by atoms with E-state index in [0.717, 1.165) is 48.2 Å². The second-order valence-electron chi connectivity index (χ2n) is 18.3. The largest absolute Gasteiger partial charge is 0.456 e. The number of unbranched alkanes of at least 4 members (excludes halogenated alkanes) is 6. The van der Waals surface area contributed by atoms with Crippen molar-refractivity contribution in [3.05, 3.63) is 142 Å². The van der Waals surface area contributed by atoms with Gasteiger partial charge >= 0.3 is 0 Å². The van der Waals surface area contributed by atoms with E-state index in [4.69, 9.17) is 14.2 Å². The van der Waals surface area contributed by atoms with Crippen LogP contribution in [0.3, 0.4) is 0 Å². The van der Waals surface area contributed by atoms with E-state index in [9.17, 15) is 0 Å². The monoisotopic (exact) mass is 852 g/mol. The summed E-state index contributed by atoms with van der Waals surface area (Å²) in [6, 6.07) is 23.7. The van der Waals surface area contributed by atoms with Gasteiger partial charge in [0.1, 0.15) is 23.0 Å². The molecular formula is C56H70O3P2. The maximum absolute atomic E-state index is 7.75. The van der Waals surface area contributed by atoms with E-state index < -0.39 is 15.8 Å². The third kappa shape index (κ3) is 10.7. The predicted molar refractivity (Wildman–Crippen MR) is 267 cm³/mol. The quantitative estimate of drug-likeness (QED) is 0.0924. The van der Waals surface area contributed by atoms with E-state index in [-0.39, 0.29) is 11.5 Å². The summed E-state index contributed by atoms with van der Waals surface area (Å²) in [5.41, 5.74) is 10.4. The van der Waals surface area contributed by atoms with E-state index in [1.54, 1.807) is 0 Å². The van der Waals surface area contributed by atoms with E-state index in [2.05, 4.69) is 159 Å². The normalized spacial score (nSPS) is 21.5. The van der Waals surface area contributed by atoms with E-state index in [0.29, 0.717) is 6.61 Å². The van der Waals surface area contributed by atoms with Crippen LogP contribution < -0.4 is 30.7 Å². The number of benzene rings is 4. The maximum Gasteiger partial charge on any atom is 0.139 e. The third-order valence-corrected chi connectivity index (χ3v) is 17.4. The number of hydrogen-bond acceptors (Lipinski definition) is 3. The van der Waals surface area contributed by atoms with Crippen LogP contribution in [0.1, 0.15) is 133 Å². The Labute approximate surface area is 371 Å². The second-order valence-corrected chi connectivity index (χ2v) is 22.7. The number of hydrogen-bond donors (Lipinski definition) is 0. The standard InChI is InChI=1S/C56H70O3P2/c1-10-12-14-16-20-44-35-46-54(52(37-44)60-31-28-39(3)19-18-30-57-43(7)25-22-40(4)29-32-60)59-55-47(56(46,8)9)36-45(21-17-15-13-11-2)38-53(55)61-50-33-41(5)23-26-48(50)58-49-27-24-42(6)34-51(49)61/h18-19,22-29,33-38,43H,10-17,20-21,30-32H2,1-9H3/b19-18-,25-22-,39-28-,40-29-. The van der Waals surface area contributed by atoms with Crippen molar-refractivity contribution in [1.82, 2.24) is 0 Å².